The van der Waals surface area contributed by atoms with E-state index in [1.807, 2.05) is 20.8 Å². The van der Waals surface area contributed by atoms with Gasteiger partial charge in [-0.2, -0.15) is 0 Å². The Morgan fingerprint density at radius 1 is 1.53 bits per heavy atom. The number of ether oxygens (including phenoxy) is 2. The van der Waals surface area contributed by atoms with E-state index in [1.54, 1.807) is 6.92 Å². The number of hydrogen-bond acceptors (Lipinski definition) is 4. The first kappa shape index (κ1) is 16.4. The van der Waals surface area contributed by atoms with E-state index in [2.05, 4.69) is 5.32 Å². The van der Waals surface area contributed by atoms with Crippen molar-refractivity contribution in [3.8, 4) is 0 Å². The first-order chi connectivity index (χ1) is 8.89. The lowest BCUT2D eigenvalue weighted by molar-refractivity contribution is -0.136. The summed E-state index contributed by atoms with van der Waals surface area (Å²) in [5, 5.41) is 2.99. The van der Waals surface area contributed by atoms with Crippen LogP contribution in [0, 0.1) is 5.92 Å². The lowest BCUT2D eigenvalue weighted by Crippen LogP contribution is -2.57. The number of hydrogen-bond donors (Lipinski definition) is 2. The van der Waals surface area contributed by atoms with Crippen LogP contribution in [0.15, 0.2) is 0 Å². The van der Waals surface area contributed by atoms with Gasteiger partial charge >= 0.3 is 0 Å². The third-order valence-corrected chi connectivity index (χ3v) is 4.03. The molecule has 0 saturated carbocycles. The quantitative estimate of drug-likeness (QED) is 0.727. The van der Waals surface area contributed by atoms with Crippen molar-refractivity contribution in [3.63, 3.8) is 0 Å². The van der Waals surface area contributed by atoms with Crippen LogP contribution < -0.4 is 11.1 Å². The van der Waals surface area contributed by atoms with Gasteiger partial charge in [0.2, 0.25) is 5.91 Å². The Hall–Kier alpha value is -0.650. The second-order valence-electron chi connectivity index (χ2n) is 5.88. The zero-order chi connectivity index (χ0) is 14.5. The summed E-state index contributed by atoms with van der Waals surface area (Å²) in [5.74, 6) is 0.159. The van der Waals surface area contributed by atoms with E-state index in [0.717, 1.165) is 19.4 Å². The lowest BCUT2D eigenvalue weighted by Gasteiger charge is -2.34. The van der Waals surface area contributed by atoms with E-state index in [4.69, 9.17) is 15.2 Å². The van der Waals surface area contributed by atoms with Gasteiger partial charge in [0.1, 0.15) is 6.10 Å². The van der Waals surface area contributed by atoms with Gasteiger partial charge in [-0.1, -0.05) is 13.8 Å². The largest absolute Gasteiger partial charge is 0.376 e. The molecule has 1 fully saturated rings. The Balaban J connectivity index is 2.38. The summed E-state index contributed by atoms with van der Waals surface area (Å²) < 4.78 is 11.0. The summed E-state index contributed by atoms with van der Waals surface area (Å²) >= 11 is 0. The molecule has 0 aliphatic carbocycles. The minimum Gasteiger partial charge on any atom is -0.376 e. The molecule has 5 heteroatoms. The smallest absolute Gasteiger partial charge is 0.249 e. The SMILES string of the molecule is CC(OCC1CCCO1)C(=O)NC(C)(CN)C(C)C. The van der Waals surface area contributed by atoms with Crippen molar-refractivity contribution >= 4 is 5.91 Å². The van der Waals surface area contributed by atoms with Gasteiger partial charge in [0, 0.05) is 13.2 Å². The van der Waals surface area contributed by atoms with Crippen molar-refractivity contribution in [1.29, 1.82) is 0 Å². The van der Waals surface area contributed by atoms with Crippen LogP contribution in [0.2, 0.25) is 0 Å². The van der Waals surface area contributed by atoms with Crippen LogP contribution in [-0.4, -0.2) is 43.4 Å². The molecule has 1 amide bonds. The predicted octanol–water partition coefficient (Wildman–Crippen LogP) is 1.06. The van der Waals surface area contributed by atoms with Gasteiger partial charge < -0.3 is 20.5 Å². The van der Waals surface area contributed by atoms with E-state index >= 15 is 0 Å². The van der Waals surface area contributed by atoms with E-state index in [0.29, 0.717) is 13.2 Å². The van der Waals surface area contributed by atoms with Crippen molar-refractivity contribution < 1.29 is 14.3 Å². The number of carbonyl (C=O) groups is 1. The van der Waals surface area contributed by atoms with Crippen LogP contribution >= 0.6 is 0 Å². The molecule has 1 aliphatic heterocycles. The Morgan fingerprint density at radius 2 is 2.21 bits per heavy atom. The van der Waals surface area contributed by atoms with Crippen LogP contribution in [0.1, 0.15) is 40.5 Å². The molecule has 1 saturated heterocycles. The molecule has 1 rings (SSSR count). The maximum Gasteiger partial charge on any atom is 0.249 e. The van der Waals surface area contributed by atoms with Crippen LogP contribution in [0.25, 0.3) is 0 Å². The molecule has 5 nitrogen and oxygen atoms in total. The molecule has 112 valence electrons. The zero-order valence-corrected chi connectivity index (χ0v) is 12.6. The second kappa shape index (κ2) is 7.22. The Bertz CT molecular complexity index is 290. The second-order valence-corrected chi connectivity index (χ2v) is 5.88. The fourth-order valence-corrected chi connectivity index (χ4v) is 1.92. The van der Waals surface area contributed by atoms with E-state index in [9.17, 15) is 4.79 Å². The highest BCUT2D eigenvalue weighted by atomic mass is 16.5. The summed E-state index contributed by atoms with van der Waals surface area (Å²) in [7, 11) is 0. The van der Waals surface area contributed by atoms with Gasteiger partial charge in [-0.05, 0) is 32.6 Å². The summed E-state index contributed by atoms with van der Waals surface area (Å²) in [6.07, 6.45) is 1.75. The topological polar surface area (TPSA) is 73.6 Å². The number of nitrogens with one attached hydrogen (secondary N) is 1. The van der Waals surface area contributed by atoms with Gasteiger partial charge in [-0.3, -0.25) is 4.79 Å². The highest BCUT2D eigenvalue weighted by Gasteiger charge is 2.30. The highest BCUT2D eigenvalue weighted by Crippen LogP contribution is 2.16. The van der Waals surface area contributed by atoms with Crippen molar-refractivity contribution in [2.24, 2.45) is 11.7 Å². The fraction of sp³-hybridized carbons (Fsp3) is 0.929. The third kappa shape index (κ3) is 4.75. The van der Waals surface area contributed by atoms with Crippen molar-refractivity contribution in [2.75, 3.05) is 19.8 Å². The number of amides is 1. The molecule has 3 atom stereocenters. The van der Waals surface area contributed by atoms with Gasteiger partial charge in [0.25, 0.3) is 0 Å². The summed E-state index contributed by atoms with van der Waals surface area (Å²) in [5.41, 5.74) is 5.36. The first-order valence-electron chi connectivity index (χ1n) is 7.14. The molecule has 0 aromatic rings. The number of nitrogens with two attached hydrogens (primary N) is 1. The molecule has 0 bridgehead atoms. The lowest BCUT2D eigenvalue weighted by atomic mass is 9.88. The molecule has 3 unspecified atom stereocenters. The molecular formula is C14H28N2O3. The van der Waals surface area contributed by atoms with Gasteiger partial charge in [0.15, 0.2) is 0 Å². The number of rotatable bonds is 7. The highest BCUT2D eigenvalue weighted by molar-refractivity contribution is 5.81. The van der Waals surface area contributed by atoms with Crippen molar-refractivity contribution in [2.45, 2.75) is 58.3 Å². The fourth-order valence-electron chi connectivity index (χ4n) is 1.92. The van der Waals surface area contributed by atoms with Crippen LogP contribution in [0.5, 0.6) is 0 Å². The molecule has 1 aliphatic rings. The van der Waals surface area contributed by atoms with Crippen molar-refractivity contribution in [1.82, 2.24) is 5.32 Å². The minimum absolute atomic E-state index is 0.111. The zero-order valence-electron chi connectivity index (χ0n) is 12.6. The van der Waals surface area contributed by atoms with Crippen molar-refractivity contribution in [3.05, 3.63) is 0 Å². The molecule has 0 radical (unpaired) electrons. The van der Waals surface area contributed by atoms with Crippen LogP contribution in [-0.2, 0) is 14.3 Å². The predicted molar refractivity (Wildman–Crippen MR) is 74.8 cm³/mol. The average Bonchev–Trinajstić information content (AvgIpc) is 2.88. The molecule has 0 spiro atoms. The maximum absolute atomic E-state index is 12.1. The molecule has 19 heavy (non-hydrogen) atoms. The van der Waals surface area contributed by atoms with E-state index in [-0.39, 0.29) is 17.9 Å². The van der Waals surface area contributed by atoms with E-state index < -0.39 is 11.6 Å². The Labute approximate surface area is 116 Å². The van der Waals surface area contributed by atoms with Crippen LogP contribution in [0.4, 0.5) is 0 Å². The monoisotopic (exact) mass is 272 g/mol. The molecule has 0 aromatic heterocycles. The molecule has 1 heterocycles. The van der Waals surface area contributed by atoms with Gasteiger partial charge in [-0.15, -0.1) is 0 Å². The number of carbonyl (C=O) groups excluding carboxylic acids is 1. The van der Waals surface area contributed by atoms with Gasteiger partial charge in [-0.25, -0.2) is 0 Å². The van der Waals surface area contributed by atoms with Crippen LogP contribution in [0.3, 0.4) is 0 Å². The molecular weight excluding hydrogens is 244 g/mol. The van der Waals surface area contributed by atoms with E-state index in [1.165, 1.54) is 0 Å². The average molecular weight is 272 g/mol. The Kier molecular flexibility index (Phi) is 6.23. The standard InChI is InChI=1S/C14H28N2O3/c1-10(2)14(4,9-15)16-13(17)11(3)19-8-12-6-5-7-18-12/h10-12H,5-9,15H2,1-4H3,(H,16,17). The summed E-state index contributed by atoms with van der Waals surface area (Å²) in [6.45, 7) is 9.51. The molecule has 0 aromatic carbocycles. The third-order valence-electron chi connectivity index (χ3n) is 4.03. The summed E-state index contributed by atoms with van der Waals surface area (Å²) in [4.78, 5) is 12.1. The Morgan fingerprint density at radius 3 is 2.68 bits per heavy atom. The molecule has 3 N–H and O–H groups in total. The maximum atomic E-state index is 12.1. The first-order valence-corrected chi connectivity index (χ1v) is 7.14. The summed E-state index contributed by atoms with van der Waals surface area (Å²) in [6, 6.07) is 0. The van der Waals surface area contributed by atoms with Gasteiger partial charge in [0.05, 0.1) is 18.2 Å². The minimum atomic E-state index is -0.478. The normalized spacial score (nSPS) is 24.2.